The normalized spacial score (nSPS) is 12.7. The molecule has 0 aliphatic heterocycles. The van der Waals surface area contributed by atoms with Gasteiger partial charge >= 0.3 is 0 Å². The molecule has 0 saturated carbocycles. The zero-order valence-corrected chi connectivity index (χ0v) is 10.3. The standard InChI is InChI=1S/C12H16N4O/c1-7(6-13)11-15-12(17-16-11)10-5-4-8(2)14-9(10)3/h4-5,7H,6,13H2,1-3H3. The fourth-order valence-electron chi connectivity index (χ4n) is 1.56. The van der Waals surface area contributed by atoms with E-state index in [4.69, 9.17) is 10.3 Å². The minimum atomic E-state index is 0.103. The Labute approximate surface area is 100 Å². The largest absolute Gasteiger partial charge is 0.334 e. The van der Waals surface area contributed by atoms with Gasteiger partial charge in [0.05, 0.1) is 11.3 Å². The molecular formula is C12H16N4O. The topological polar surface area (TPSA) is 77.8 Å². The van der Waals surface area contributed by atoms with E-state index in [1.54, 1.807) is 0 Å². The molecule has 17 heavy (non-hydrogen) atoms. The molecule has 5 nitrogen and oxygen atoms in total. The van der Waals surface area contributed by atoms with Crippen LogP contribution in [0.25, 0.3) is 11.5 Å². The lowest BCUT2D eigenvalue weighted by atomic mass is 10.1. The van der Waals surface area contributed by atoms with Crippen molar-refractivity contribution >= 4 is 0 Å². The lowest BCUT2D eigenvalue weighted by Crippen LogP contribution is -2.10. The monoisotopic (exact) mass is 232 g/mol. The Morgan fingerprint density at radius 2 is 2.06 bits per heavy atom. The van der Waals surface area contributed by atoms with Crippen molar-refractivity contribution in [3.63, 3.8) is 0 Å². The molecule has 0 aliphatic rings. The van der Waals surface area contributed by atoms with E-state index in [0.717, 1.165) is 17.0 Å². The van der Waals surface area contributed by atoms with E-state index in [9.17, 15) is 0 Å². The molecule has 0 radical (unpaired) electrons. The second kappa shape index (κ2) is 4.63. The highest BCUT2D eigenvalue weighted by Crippen LogP contribution is 2.22. The number of nitrogens with zero attached hydrogens (tertiary/aromatic N) is 3. The van der Waals surface area contributed by atoms with E-state index < -0.39 is 0 Å². The van der Waals surface area contributed by atoms with Crippen LogP contribution in [0.1, 0.15) is 30.1 Å². The Kier molecular flexibility index (Phi) is 3.19. The number of nitrogens with two attached hydrogens (primary N) is 1. The van der Waals surface area contributed by atoms with Gasteiger partial charge in [0, 0.05) is 18.2 Å². The second-order valence-corrected chi connectivity index (χ2v) is 4.18. The molecule has 0 aliphatic carbocycles. The Morgan fingerprint density at radius 3 is 2.71 bits per heavy atom. The van der Waals surface area contributed by atoms with Crippen molar-refractivity contribution in [3.05, 3.63) is 29.3 Å². The third kappa shape index (κ3) is 2.34. The Hall–Kier alpha value is -1.75. The molecule has 0 bridgehead atoms. The third-order valence-electron chi connectivity index (χ3n) is 2.69. The molecule has 0 amide bonds. The van der Waals surface area contributed by atoms with E-state index in [0.29, 0.717) is 18.3 Å². The molecule has 2 N–H and O–H groups in total. The van der Waals surface area contributed by atoms with E-state index in [1.165, 1.54) is 0 Å². The van der Waals surface area contributed by atoms with E-state index in [2.05, 4.69) is 15.1 Å². The molecule has 1 atom stereocenters. The van der Waals surface area contributed by atoms with Crippen LogP contribution in [-0.4, -0.2) is 21.7 Å². The lowest BCUT2D eigenvalue weighted by Gasteiger charge is -2.01. The van der Waals surface area contributed by atoms with E-state index in [1.807, 2.05) is 32.9 Å². The number of aromatic nitrogens is 3. The quantitative estimate of drug-likeness (QED) is 0.873. The third-order valence-corrected chi connectivity index (χ3v) is 2.69. The van der Waals surface area contributed by atoms with Crippen molar-refractivity contribution in [2.24, 2.45) is 5.73 Å². The first kappa shape index (κ1) is 11.7. The zero-order valence-electron chi connectivity index (χ0n) is 10.3. The average Bonchev–Trinajstić information content (AvgIpc) is 2.77. The van der Waals surface area contributed by atoms with Crippen molar-refractivity contribution in [1.82, 2.24) is 15.1 Å². The van der Waals surface area contributed by atoms with Gasteiger partial charge in [-0.05, 0) is 26.0 Å². The molecule has 0 saturated heterocycles. The summed E-state index contributed by atoms with van der Waals surface area (Å²) in [6.07, 6.45) is 0. The predicted octanol–water partition coefficient (Wildman–Crippen LogP) is 1.81. The van der Waals surface area contributed by atoms with Gasteiger partial charge in [-0.25, -0.2) is 0 Å². The summed E-state index contributed by atoms with van der Waals surface area (Å²) in [5, 5.41) is 3.93. The second-order valence-electron chi connectivity index (χ2n) is 4.18. The molecule has 2 rings (SSSR count). The fraction of sp³-hybridized carbons (Fsp3) is 0.417. The molecule has 2 heterocycles. The number of aryl methyl sites for hydroxylation is 2. The number of hydrogen-bond acceptors (Lipinski definition) is 5. The molecule has 5 heteroatoms. The van der Waals surface area contributed by atoms with Gasteiger partial charge in [-0.2, -0.15) is 4.98 Å². The zero-order chi connectivity index (χ0) is 12.4. The Balaban J connectivity index is 2.37. The minimum Gasteiger partial charge on any atom is -0.334 e. The number of hydrogen-bond donors (Lipinski definition) is 1. The minimum absolute atomic E-state index is 0.103. The van der Waals surface area contributed by atoms with Crippen molar-refractivity contribution < 1.29 is 4.52 Å². The predicted molar refractivity (Wildman–Crippen MR) is 64.5 cm³/mol. The van der Waals surface area contributed by atoms with Crippen LogP contribution in [0.3, 0.4) is 0 Å². The SMILES string of the molecule is Cc1ccc(-c2nc(C(C)CN)no2)c(C)n1. The Morgan fingerprint density at radius 1 is 1.29 bits per heavy atom. The molecule has 0 fully saturated rings. The van der Waals surface area contributed by atoms with E-state index in [-0.39, 0.29) is 5.92 Å². The maximum absolute atomic E-state index is 5.57. The van der Waals surface area contributed by atoms with Crippen molar-refractivity contribution in [3.8, 4) is 11.5 Å². The van der Waals surface area contributed by atoms with Crippen molar-refractivity contribution in [2.75, 3.05) is 6.54 Å². The summed E-state index contributed by atoms with van der Waals surface area (Å²) < 4.78 is 5.24. The molecule has 90 valence electrons. The van der Waals surface area contributed by atoms with Gasteiger partial charge in [0.2, 0.25) is 0 Å². The summed E-state index contributed by atoms with van der Waals surface area (Å²) in [7, 11) is 0. The first-order valence-corrected chi connectivity index (χ1v) is 5.60. The van der Waals surface area contributed by atoms with Gasteiger partial charge in [-0.15, -0.1) is 0 Å². The van der Waals surface area contributed by atoms with Crippen molar-refractivity contribution in [1.29, 1.82) is 0 Å². The summed E-state index contributed by atoms with van der Waals surface area (Å²) in [6.45, 7) is 6.35. The van der Waals surface area contributed by atoms with Gasteiger partial charge < -0.3 is 10.3 Å². The smallest absolute Gasteiger partial charge is 0.259 e. The molecule has 2 aromatic rings. The van der Waals surface area contributed by atoms with E-state index >= 15 is 0 Å². The van der Waals surface area contributed by atoms with Gasteiger partial charge in [0.15, 0.2) is 5.82 Å². The number of pyridine rings is 1. The van der Waals surface area contributed by atoms with Gasteiger partial charge in [-0.1, -0.05) is 12.1 Å². The maximum atomic E-state index is 5.57. The summed E-state index contributed by atoms with van der Waals surface area (Å²) in [5.41, 5.74) is 8.30. The highest BCUT2D eigenvalue weighted by atomic mass is 16.5. The van der Waals surface area contributed by atoms with Gasteiger partial charge in [0.1, 0.15) is 0 Å². The van der Waals surface area contributed by atoms with Crippen LogP contribution in [0.15, 0.2) is 16.7 Å². The average molecular weight is 232 g/mol. The summed E-state index contributed by atoms with van der Waals surface area (Å²) in [4.78, 5) is 8.72. The van der Waals surface area contributed by atoms with Crippen LogP contribution in [0.4, 0.5) is 0 Å². The first-order chi connectivity index (χ1) is 8.11. The summed E-state index contributed by atoms with van der Waals surface area (Å²) in [5.74, 6) is 1.25. The maximum Gasteiger partial charge on any atom is 0.259 e. The lowest BCUT2D eigenvalue weighted by molar-refractivity contribution is 0.417. The molecule has 2 aromatic heterocycles. The van der Waals surface area contributed by atoms with Crippen LogP contribution >= 0.6 is 0 Å². The van der Waals surface area contributed by atoms with Gasteiger partial charge in [-0.3, -0.25) is 4.98 Å². The molecule has 0 spiro atoms. The molecule has 0 aromatic carbocycles. The molecular weight excluding hydrogens is 216 g/mol. The Bertz CT molecular complexity index is 521. The fourth-order valence-corrected chi connectivity index (χ4v) is 1.56. The van der Waals surface area contributed by atoms with Crippen LogP contribution in [0, 0.1) is 13.8 Å². The van der Waals surface area contributed by atoms with Crippen LogP contribution in [0.2, 0.25) is 0 Å². The van der Waals surface area contributed by atoms with Crippen LogP contribution < -0.4 is 5.73 Å². The van der Waals surface area contributed by atoms with Gasteiger partial charge in [0.25, 0.3) is 5.89 Å². The highest BCUT2D eigenvalue weighted by Gasteiger charge is 2.15. The van der Waals surface area contributed by atoms with Crippen LogP contribution in [0.5, 0.6) is 0 Å². The summed E-state index contributed by atoms with van der Waals surface area (Å²) in [6, 6.07) is 3.88. The number of rotatable bonds is 3. The summed E-state index contributed by atoms with van der Waals surface area (Å²) >= 11 is 0. The first-order valence-electron chi connectivity index (χ1n) is 5.60. The highest BCUT2D eigenvalue weighted by molar-refractivity contribution is 5.55. The van der Waals surface area contributed by atoms with Crippen molar-refractivity contribution in [2.45, 2.75) is 26.7 Å². The molecule has 1 unspecified atom stereocenters. The van der Waals surface area contributed by atoms with Crippen LogP contribution in [-0.2, 0) is 0 Å².